The monoisotopic (exact) mass is 487 g/mol. The molecule has 2 aromatic carbocycles. The predicted molar refractivity (Wildman–Crippen MR) is 127 cm³/mol. The first-order valence-corrected chi connectivity index (χ1v) is 11.4. The number of anilines is 2. The van der Waals surface area contributed by atoms with E-state index in [4.69, 9.17) is 21.7 Å². The number of aryl methyl sites for hydroxylation is 1. The Kier molecular flexibility index (Phi) is 7.41. The Hall–Kier alpha value is -3.77. The minimum absolute atomic E-state index is 0.0130. The van der Waals surface area contributed by atoms with Gasteiger partial charge in [-0.1, -0.05) is 18.2 Å². The third-order valence-corrected chi connectivity index (χ3v) is 5.93. The van der Waals surface area contributed by atoms with Crippen LogP contribution in [0.15, 0.2) is 59.5 Å². The van der Waals surface area contributed by atoms with Gasteiger partial charge in [0, 0.05) is 17.3 Å². The summed E-state index contributed by atoms with van der Waals surface area (Å²) in [5, 5.41) is 5.53. The van der Waals surface area contributed by atoms with Gasteiger partial charge < -0.3 is 14.8 Å². The Balaban J connectivity index is 1.67. The Morgan fingerprint density at radius 2 is 1.70 bits per heavy atom. The highest BCUT2D eigenvalue weighted by Gasteiger charge is 2.17. The maximum atomic E-state index is 12.7. The third kappa shape index (κ3) is 6.14. The molecular formula is C21H21N5O5S2. The summed E-state index contributed by atoms with van der Waals surface area (Å²) in [5.41, 5.74) is 1.82. The lowest BCUT2D eigenvalue weighted by molar-refractivity contribution is 0.0977. The number of benzene rings is 2. The van der Waals surface area contributed by atoms with Crippen LogP contribution in [0.25, 0.3) is 0 Å². The number of carbonyl (C=O) groups excluding carboxylic acids is 1. The van der Waals surface area contributed by atoms with Crippen molar-refractivity contribution in [3.63, 3.8) is 0 Å². The summed E-state index contributed by atoms with van der Waals surface area (Å²) in [6.07, 6.45) is 0. The number of aromatic nitrogens is 2. The van der Waals surface area contributed by atoms with Crippen LogP contribution in [0.5, 0.6) is 11.9 Å². The summed E-state index contributed by atoms with van der Waals surface area (Å²) in [5.74, 6) is -0.217. The Labute approximate surface area is 196 Å². The van der Waals surface area contributed by atoms with E-state index in [1.165, 1.54) is 44.6 Å². The molecule has 12 heteroatoms. The van der Waals surface area contributed by atoms with Crippen LogP contribution in [0.3, 0.4) is 0 Å². The maximum absolute atomic E-state index is 12.7. The first-order valence-electron chi connectivity index (χ1n) is 9.50. The van der Waals surface area contributed by atoms with Crippen molar-refractivity contribution < 1.29 is 22.7 Å². The van der Waals surface area contributed by atoms with Crippen molar-refractivity contribution in [1.82, 2.24) is 15.3 Å². The molecule has 10 nitrogen and oxygen atoms in total. The zero-order valence-corrected chi connectivity index (χ0v) is 19.6. The molecule has 3 N–H and O–H groups in total. The van der Waals surface area contributed by atoms with Crippen LogP contribution in [-0.4, -0.2) is 43.6 Å². The second-order valence-corrected chi connectivity index (χ2v) is 8.73. The SMILES string of the molecule is COc1cc(NS(=O)(=O)c2ccc(NC(=S)NC(=O)c3ccccc3C)cc2)nc(OC)n1. The molecule has 0 bridgehead atoms. The molecule has 1 amide bonds. The topological polar surface area (TPSA) is 132 Å². The highest BCUT2D eigenvalue weighted by Crippen LogP contribution is 2.21. The molecule has 0 aliphatic rings. The van der Waals surface area contributed by atoms with Crippen LogP contribution in [0.2, 0.25) is 0 Å². The highest BCUT2D eigenvalue weighted by molar-refractivity contribution is 7.92. The number of sulfonamides is 1. The number of rotatable bonds is 7. The van der Waals surface area contributed by atoms with Gasteiger partial charge in [0.2, 0.25) is 5.88 Å². The van der Waals surface area contributed by atoms with Crippen molar-refractivity contribution in [2.45, 2.75) is 11.8 Å². The smallest absolute Gasteiger partial charge is 0.321 e. The van der Waals surface area contributed by atoms with Crippen LogP contribution in [0.1, 0.15) is 15.9 Å². The van der Waals surface area contributed by atoms with Crippen LogP contribution in [0.4, 0.5) is 11.5 Å². The predicted octanol–water partition coefficient (Wildman–Crippen LogP) is 2.73. The second-order valence-electron chi connectivity index (χ2n) is 6.64. The summed E-state index contributed by atoms with van der Waals surface area (Å²) < 4.78 is 37.7. The molecule has 0 atom stereocenters. The van der Waals surface area contributed by atoms with Gasteiger partial charge in [-0.25, -0.2) is 8.42 Å². The number of thiocarbonyl (C=S) groups is 1. The van der Waals surface area contributed by atoms with E-state index in [9.17, 15) is 13.2 Å². The van der Waals surface area contributed by atoms with E-state index >= 15 is 0 Å². The van der Waals surface area contributed by atoms with E-state index in [-0.39, 0.29) is 33.6 Å². The first-order chi connectivity index (χ1) is 15.7. The van der Waals surface area contributed by atoms with Crippen LogP contribution in [0, 0.1) is 6.92 Å². The van der Waals surface area contributed by atoms with E-state index in [1.54, 1.807) is 12.1 Å². The molecule has 0 radical (unpaired) electrons. The van der Waals surface area contributed by atoms with E-state index < -0.39 is 10.0 Å². The zero-order valence-electron chi connectivity index (χ0n) is 17.9. The average Bonchev–Trinajstić information content (AvgIpc) is 2.79. The van der Waals surface area contributed by atoms with Crippen molar-refractivity contribution in [2.75, 3.05) is 24.3 Å². The number of methoxy groups -OCH3 is 2. The van der Waals surface area contributed by atoms with Gasteiger partial charge in [-0.3, -0.25) is 14.8 Å². The summed E-state index contributed by atoms with van der Waals surface area (Å²) in [6, 6.07) is 14.2. The molecule has 0 saturated heterocycles. The van der Waals surface area contributed by atoms with E-state index in [2.05, 4.69) is 25.3 Å². The minimum Gasteiger partial charge on any atom is -0.481 e. The lowest BCUT2D eigenvalue weighted by Gasteiger charge is -2.12. The van der Waals surface area contributed by atoms with Gasteiger partial charge in [0.05, 0.1) is 19.1 Å². The van der Waals surface area contributed by atoms with Crippen LogP contribution in [-0.2, 0) is 10.0 Å². The summed E-state index contributed by atoms with van der Waals surface area (Å²) >= 11 is 5.18. The molecule has 3 rings (SSSR count). The number of hydrogen-bond donors (Lipinski definition) is 3. The summed E-state index contributed by atoms with van der Waals surface area (Å²) in [4.78, 5) is 20.2. The molecule has 172 valence electrons. The number of carbonyl (C=O) groups is 1. The van der Waals surface area contributed by atoms with Gasteiger partial charge in [0.1, 0.15) is 0 Å². The molecule has 1 aromatic heterocycles. The molecule has 0 spiro atoms. The lowest BCUT2D eigenvalue weighted by Crippen LogP contribution is -2.34. The van der Waals surface area contributed by atoms with Crippen molar-refractivity contribution in [2.24, 2.45) is 0 Å². The van der Waals surface area contributed by atoms with Crippen LogP contribution >= 0.6 is 12.2 Å². The molecule has 3 aromatic rings. The van der Waals surface area contributed by atoms with Gasteiger partial charge in [0.15, 0.2) is 10.9 Å². The first kappa shape index (κ1) is 23.9. The summed E-state index contributed by atoms with van der Waals surface area (Å²) in [7, 11) is -1.21. The Morgan fingerprint density at radius 1 is 1.00 bits per heavy atom. The van der Waals surface area contributed by atoms with Gasteiger partial charge in [-0.2, -0.15) is 9.97 Å². The highest BCUT2D eigenvalue weighted by atomic mass is 32.2. The van der Waals surface area contributed by atoms with Crippen molar-refractivity contribution in [1.29, 1.82) is 0 Å². The van der Waals surface area contributed by atoms with Crippen molar-refractivity contribution in [3.05, 3.63) is 65.7 Å². The average molecular weight is 488 g/mol. The van der Waals surface area contributed by atoms with Gasteiger partial charge in [-0.05, 0) is 55.0 Å². The van der Waals surface area contributed by atoms with Crippen LogP contribution < -0.4 is 24.8 Å². The lowest BCUT2D eigenvalue weighted by atomic mass is 10.1. The largest absolute Gasteiger partial charge is 0.481 e. The summed E-state index contributed by atoms with van der Waals surface area (Å²) in [6.45, 7) is 1.83. The molecule has 0 fully saturated rings. The Morgan fingerprint density at radius 3 is 2.33 bits per heavy atom. The number of hydrogen-bond acceptors (Lipinski definition) is 8. The van der Waals surface area contributed by atoms with E-state index in [0.717, 1.165) is 5.56 Å². The third-order valence-electron chi connectivity index (χ3n) is 4.35. The van der Waals surface area contributed by atoms with Gasteiger partial charge in [0.25, 0.3) is 15.9 Å². The maximum Gasteiger partial charge on any atom is 0.321 e. The second kappa shape index (κ2) is 10.2. The number of amides is 1. The fourth-order valence-electron chi connectivity index (χ4n) is 2.73. The number of ether oxygens (including phenoxy) is 2. The molecule has 0 saturated carbocycles. The normalized spacial score (nSPS) is 10.8. The molecule has 33 heavy (non-hydrogen) atoms. The van der Waals surface area contributed by atoms with Crippen molar-refractivity contribution >= 4 is 44.8 Å². The molecular weight excluding hydrogens is 466 g/mol. The van der Waals surface area contributed by atoms with E-state index in [0.29, 0.717) is 11.3 Å². The number of nitrogens with zero attached hydrogens (tertiary/aromatic N) is 2. The fraction of sp³-hybridized carbons (Fsp3) is 0.143. The molecule has 0 aliphatic heterocycles. The zero-order chi connectivity index (χ0) is 24.0. The number of nitrogens with one attached hydrogen (secondary N) is 3. The van der Waals surface area contributed by atoms with Gasteiger partial charge >= 0.3 is 6.01 Å². The quantitative estimate of drug-likeness (QED) is 0.430. The molecule has 1 heterocycles. The molecule has 0 aliphatic carbocycles. The fourth-order valence-corrected chi connectivity index (χ4v) is 3.93. The van der Waals surface area contributed by atoms with Crippen molar-refractivity contribution in [3.8, 4) is 11.9 Å². The van der Waals surface area contributed by atoms with Gasteiger partial charge in [-0.15, -0.1) is 0 Å². The standard InChI is InChI=1S/C21H21N5O5S2/c1-13-6-4-5-7-16(13)19(27)25-21(32)22-14-8-10-15(11-9-14)33(28,29)26-17-12-18(30-2)24-20(23-17)31-3/h4-12H,1-3H3,(H,23,24,26)(H2,22,25,27,32). The molecule has 0 unspecified atom stereocenters. The minimum atomic E-state index is -3.95. The Bertz CT molecular complexity index is 1260. The van der Waals surface area contributed by atoms with E-state index in [1.807, 2.05) is 19.1 Å².